The van der Waals surface area contributed by atoms with Gasteiger partial charge in [-0.2, -0.15) is 4.80 Å². The maximum atomic E-state index is 4.24. The summed E-state index contributed by atoms with van der Waals surface area (Å²) in [6.45, 7) is 3.02. The van der Waals surface area contributed by atoms with Crippen molar-refractivity contribution in [3.05, 3.63) is 35.7 Å². The number of likely N-dealkylation sites (N-methyl/N-ethyl adjacent to an activating group) is 1. The van der Waals surface area contributed by atoms with Crippen molar-refractivity contribution < 1.29 is 0 Å². The van der Waals surface area contributed by atoms with Crippen LogP contribution < -0.4 is 5.32 Å². The van der Waals surface area contributed by atoms with E-state index in [2.05, 4.69) is 58.2 Å². The molecule has 2 rings (SSSR count). The Labute approximate surface area is 117 Å². The van der Waals surface area contributed by atoms with E-state index in [0.717, 1.165) is 18.8 Å². The second-order valence-electron chi connectivity index (χ2n) is 4.28. The van der Waals surface area contributed by atoms with Crippen LogP contribution in [-0.2, 0) is 13.5 Å². The third-order valence-electron chi connectivity index (χ3n) is 2.91. The van der Waals surface area contributed by atoms with Crippen LogP contribution in [0.3, 0.4) is 0 Å². The third-order valence-corrected chi connectivity index (χ3v) is 3.65. The molecule has 2 aromatic rings. The highest BCUT2D eigenvalue weighted by molar-refractivity contribution is 7.98. The summed E-state index contributed by atoms with van der Waals surface area (Å²) < 4.78 is 0. The van der Waals surface area contributed by atoms with Crippen molar-refractivity contribution in [3.63, 3.8) is 0 Å². The number of hydrogen-bond acceptors (Lipinski definition) is 5. The Morgan fingerprint density at radius 3 is 2.58 bits per heavy atom. The van der Waals surface area contributed by atoms with Crippen LogP contribution >= 0.6 is 11.8 Å². The van der Waals surface area contributed by atoms with Crippen molar-refractivity contribution in [1.29, 1.82) is 0 Å². The molecule has 0 spiro atoms. The maximum absolute atomic E-state index is 4.24. The highest BCUT2D eigenvalue weighted by atomic mass is 32.2. The summed E-state index contributed by atoms with van der Waals surface area (Å²) in [4.78, 5) is 2.77. The van der Waals surface area contributed by atoms with E-state index in [9.17, 15) is 0 Å². The summed E-state index contributed by atoms with van der Waals surface area (Å²) in [7, 11) is 1.78. The first-order valence-electron chi connectivity index (χ1n) is 6.33. The van der Waals surface area contributed by atoms with Gasteiger partial charge in [-0.25, -0.2) is 0 Å². The Bertz CT molecular complexity index is 508. The molecule has 0 aliphatic carbocycles. The number of rotatable bonds is 6. The minimum absolute atomic E-state index is 0.227. The Morgan fingerprint density at radius 1 is 1.32 bits per heavy atom. The zero-order valence-electron chi connectivity index (χ0n) is 11.5. The number of benzene rings is 1. The molecule has 0 aliphatic rings. The largest absolute Gasteiger partial charge is 0.310 e. The monoisotopic (exact) mass is 277 g/mol. The molecule has 1 N–H and O–H groups in total. The molecule has 0 aliphatic heterocycles. The van der Waals surface area contributed by atoms with Crippen LogP contribution in [0.25, 0.3) is 0 Å². The first-order chi connectivity index (χ1) is 9.22. The molecular weight excluding hydrogens is 258 g/mol. The first-order valence-corrected chi connectivity index (χ1v) is 7.55. The lowest BCUT2D eigenvalue weighted by Gasteiger charge is -2.16. The van der Waals surface area contributed by atoms with E-state index in [1.165, 1.54) is 15.3 Å². The molecule has 6 heteroatoms. The molecule has 0 radical (unpaired) electrons. The Morgan fingerprint density at radius 2 is 2.05 bits per heavy atom. The van der Waals surface area contributed by atoms with Crippen LogP contribution in [0.1, 0.15) is 24.4 Å². The molecule has 1 aromatic carbocycles. The summed E-state index contributed by atoms with van der Waals surface area (Å²) in [5.41, 5.74) is 1.26. The fraction of sp³-hybridized carbons (Fsp3) is 0.462. The smallest absolute Gasteiger partial charge is 0.176 e. The minimum atomic E-state index is 0.227. The van der Waals surface area contributed by atoms with E-state index in [1.54, 1.807) is 18.8 Å². The lowest BCUT2D eigenvalue weighted by Crippen LogP contribution is -2.23. The fourth-order valence-electron chi connectivity index (χ4n) is 1.98. The summed E-state index contributed by atoms with van der Waals surface area (Å²) in [6, 6.07) is 8.85. The summed E-state index contributed by atoms with van der Waals surface area (Å²) in [5, 5.41) is 15.6. The zero-order chi connectivity index (χ0) is 13.7. The molecule has 0 amide bonds. The molecule has 1 unspecified atom stereocenters. The van der Waals surface area contributed by atoms with Crippen molar-refractivity contribution in [3.8, 4) is 0 Å². The van der Waals surface area contributed by atoms with Crippen LogP contribution in [-0.4, -0.2) is 33.0 Å². The molecule has 1 atom stereocenters. The van der Waals surface area contributed by atoms with Gasteiger partial charge in [0.1, 0.15) is 0 Å². The zero-order valence-corrected chi connectivity index (χ0v) is 12.3. The molecule has 5 nitrogen and oxygen atoms in total. The quantitative estimate of drug-likeness (QED) is 0.816. The lowest BCUT2D eigenvalue weighted by molar-refractivity contribution is 0.534. The topological polar surface area (TPSA) is 55.6 Å². The summed E-state index contributed by atoms with van der Waals surface area (Å²) >= 11 is 1.75. The molecule has 1 aromatic heterocycles. The molecule has 0 saturated heterocycles. The van der Waals surface area contributed by atoms with Gasteiger partial charge in [-0.3, -0.25) is 0 Å². The number of aryl methyl sites for hydroxylation is 1. The van der Waals surface area contributed by atoms with Gasteiger partial charge in [-0.1, -0.05) is 19.1 Å². The van der Waals surface area contributed by atoms with Gasteiger partial charge in [0.05, 0.1) is 7.05 Å². The van der Waals surface area contributed by atoms with Gasteiger partial charge in [-0.05, 0) is 35.7 Å². The van der Waals surface area contributed by atoms with Gasteiger partial charge in [0, 0.05) is 17.4 Å². The first kappa shape index (κ1) is 14.0. The van der Waals surface area contributed by atoms with E-state index < -0.39 is 0 Å². The predicted octanol–water partition coefficient (Wildman–Crippen LogP) is 1.83. The Hall–Kier alpha value is -1.40. The number of tetrazole rings is 1. The standard InChI is InChI=1S/C13H19N5S/c1-4-14-12(9-13-15-17-18(2)16-13)10-5-7-11(19-3)8-6-10/h5-8,12,14H,4,9H2,1-3H3. The van der Waals surface area contributed by atoms with Crippen LogP contribution in [0.5, 0.6) is 0 Å². The van der Waals surface area contributed by atoms with Gasteiger partial charge in [0.15, 0.2) is 5.82 Å². The summed E-state index contributed by atoms with van der Waals surface area (Å²) in [5.74, 6) is 0.766. The molecular formula is C13H19N5S. The average molecular weight is 277 g/mol. The van der Waals surface area contributed by atoms with Crippen molar-refractivity contribution >= 4 is 11.8 Å². The summed E-state index contributed by atoms with van der Waals surface area (Å²) in [6.07, 6.45) is 2.83. The van der Waals surface area contributed by atoms with Crippen molar-refractivity contribution in [1.82, 2.24) is 25.5 Å². The van der Waals surface area contributed by atoms with E-state index in [1.807, 2.05) is 0 Å². The van der Waals surface area contributed by atoms with E-state index in [-0.39, 0.29) is 6.04 Å². The van der Waals surface area contributed by atoms with Gasteiger partial charge < -0.3 is 5.32 Å². The fourth-order valence-corrected chi connectivity index (χ4v) is 2.39. The van der Waals surface area contributed by atoms with Crippen LogP contribution in [0.2, 0.25) is 0 Å². The second-order valence-corrected chi connectivity index (χ2v) is 5.16. The second kappa shape index (κ2) is 6.68. The van der Waals surface area contributed by atoms with Crippen LogP contribution in [0.15, 0.2) is 29.2 Å². The molecule has 0 fully saturated rings. The maximum Gasteiger partial charge on any atom is 0.176 e. The van der Waals surface area contributed by atoms with Gasteiger partial charge >= 0.3 is 0 Å². The number of nitrogens with one attached hydrogen (secondary N) is 1. The Balaban J connectivity index is 2.13. The lowest BCUT2D eigenvalue weighted by atomic mass is 10.0. The van der Waals surface area contributed by atoms with Crippen LogP contribution in [0.4, 0.5) is 0 Å². The molecule has 0 saturated carbocycles. The number of nitrogens with zero attached hydrogens (tertiary/aromatic N) is 4. The van der Waals surface area contributed by atoms with Gasteiger partial charge in [-0.15, -0.1) is 22.0 Å². The van der Waals surface area contributed by atoms with Gasteiger partial charge in [0.25, 0.3) is 0 Å². The van der Waals surface area contributed by atoms with Gasteiger partial charge in [0.2, 0.25) is 0 Å². The molecule has 0 bridgehead atoms. The molecule has 1 heterocycles. The van der Waals surface area contributed by atoms with E-state index in [0.29, 0.717) is 0 Å². The van der Waals surface area contributed by atoms with Crippen LogP contribution in [0, 0.1) is 0 Å². The highest BCUT2D eigenvalue weighted by Gasteiger charge is 2.14. The van der Waals surface area contributed by atoms with Crippen molar-refractivity contribution in [2.75, 3.05) is 12.8 Å². The Kier molecular flexibility index (Phi) is 4.93. The van der Waals surface area contributed by atoms with E-state index >= 15 is 0 Å². The third kappa shape index (κ3) is 3.78. The van der Waals surface area contributed by atoms with Crippen molar-refractivity contribution in [2.45, 2.75) is 24.3 Å². The number of thioether (sulfide) groups is 1. The SMILES string of the molecule is CCNC(Cc1nnn(C)n1)c1ccc(SC)cc1. The molecule has 102 valence electrons. The predicted molar refractivity (Wildman–Crippen MR) is 77.1 cm³/mol. The van der Waals surface area contributed by atoms with E-state index in [4.69, 9.17) is 0 Å². The number of aromatic nitrogens is 4. The molecule has 19 heavy (non-hydrogen) atoms. The van der Waals surface area contributed by atoms with Crippen molar-refractivity contribution in [2.24, 2.45) is 7.05 Å². The highest BCUT2D eigenvalue weighted by Crippen LogP contribution is 2.21. The average Bonchev–Trinajstić information content (AvgIpc) is 2.84. The normalized spacial score (nSPS) is 12.6. The minimum Gasteiger partial charge on any atom is -0.310 e. The number of hydrogen-bond donors (Lipinski definition) is 1.